The van der Waals surface area contributed by atoms with Crippen molar-refractivity contribution in [1.29, 1.82) is 0 Å². The summed E-state index contributed by atoms with van der Waals surface area (Å²) in [5.41, 5.74) is 0.0356. The molecule has 1 aliphatic rings. The van der Waals surface area contributed by atoms with Crippen molar-refractivity contribution in [3.63, 3.8) is 0 Å². The van der Waals surface area contributed by atoms with Crippen LogP contribution in [0.4, 0.5) is 5.69 Å². The van der Waals surface area contributed by atoms with E-state index in [-0.39, 0.29) is 23.2 Å². The molecular weight excluding hydrogens is 372 g/mol. The average Bonchev–Trinajstić information content (AvgIpc) is 2.72. The highest BCUT2D eigenvalue weighted by Gasteiger charge is 2.29. The molecule has 0 radical (unpaired) electrons. The minimum Gasteiger partial charge on any atom is -0.481 e. The van der Waals surface area contributed by atoms with Gasteiger partial charge in [-0.1, -0.05) is 39.0 Å². The van der Waals surface area contributed by atoms with Gasteiger partial charge in [-0.15, -0.1) is 0 Å². The highest BCUT2D eigenvalue weighted by atomic mass is 16.6. The van der Waals surface area contributed by atoms with Crippen molar-refractivity contribution in [3.8, 4) is 5.75 Å². The first kappa shape index (κ1) is 23.1. The number of aliphatic hydroxyl groups excluding tert-OH is 1. The molecule has 0 aliphatic heterocycles. The van der Waals surface area contributed by atoms with E-state index in [2.05, 4.69) is 6.92 Å². The Morgan fingerprint density at radius 3 is 2.59 bits per heavy atom. The highest BCUT2D eigenvalue weighted by molar-refractivity contribution is 5.81. The van der Waals surface area contributed by atoms with Gasteiger partial charge in [0.1, 0.15) is 5.75 Å². The fourth-order valence-corrected chi connectivity index (χ4v) is 3.96. The van der Waals surface area contributed by atoms with Crippen LogP contribution >= 0.6 is 0 Å². The number of carbonyl (C=O) groups is 1. The van der Waals surface area contributed by atoms with Crippen LogP contribution in [0.1, 0.15) is 83.3 Å². The molecule has 29 heavy (non-hydrogen) atoms. The zero-order chi connectivity index (χ0) is 21.4. The number of rotatable bonds is 10. The first-order valence-corrected chi connectivity index (χ1v) is 10.7. The lowest BCUT2D eigenvalue weighted by Gasteiger charge is -2.33. The molecule has 7 heteroatoms. The second-order valence-corrected chi connectivity index (χ2v) is 8.00. The van der Waals surface area contributed by atoms with Crippen LogP contribution < -0.4 is 4.74 Å². The van der Waals surface area contributed by atoms with Gasteiger partial charge in [-0.2, -0.15) is 0 Å². The Bertz CT molecular complexity index is 686. The van der Waals surface area contributed by atoms with Gasteiger partial charge in [0.25, 0.3) is 11.6 Å². The Labute approximate surface area is 173 Å². The van der Waals surface area contributed by atoms with Crippen molar-refractivity contribution in [2.45, 2.75) is 89.9 Å². The van der Waals surface area contributed by atoms with Gasteiger partial charge in [-0.3, -0.25) is 14.9 Å². The van der Waals surface area contributed by atoms with E-state index in [0.29, 0.717) is 12.2 Å². The minimum atomic E-state index is -1.00. The third kappa shape index (κ3) is 6.42. The van der Waals surface area contributed by atoms with Crippen LogP contribution in [0.25, 0.3) is 0 Å². The third-order valence-electron chi connectivity index (χ3n) is 5.74. The molecule has 0 spiro atoms. The number of hydrogen-bond acceptors (Lipinski definition) is 5. The maximum Gasteiger partial charge on any atom is 0.275 e. The van der Waals surface area contributed by atoms with Crippen molar-refractivity contribution in [2.75, 3.05) is 7.05 Å². The Morgan fingerprint density at radius 1 is 1.31 bits per heavy atom. The van der Waals surface area contributed by atoms with E-state index in [0.717, 1.165) is 44.9 Å². The number of unbranched alkanes of at least 4 members (excludes halogenated alkanes) is 2. The van der Waals surface area contributed by atoms with Crippen LogP contribution in [0.15, 0.2) is 18.2 Å². The van der Waals surface area contributed by atoms with Gasteiger partial charge < -0.3 is 14.7 Å². The summed E-state index contributed by atoms with van der Waals surface area (Å²) in [5.74, 6) is 0.336. The second-order valence-electron chi connectivity index (χ2n) is 8.00. The van der Waals surface area contributed by atoms with Gasteiger partial charge in [-0.05, 0) is 44.7 Å². The zero-order valence-electron chi connectivity index (χ0n) is 17.8. The molecule has 0 bridgehead atoms. The molecule has 7 nitrogen and oxygen atoms in total. The average molecular weight is 407 g/mol. The monoisotopic (exact) mass is 406 g/mol. The van der Waals surface area contributed by atoms with Gasteiger partial charge in [0, 0.05) is 19.2 Å². The number of carbonyl (C=O) groups excluding carboxylic acids is 1. The van der Waals surface area contributed by atoms with E-state index in [1.165, 1.54) is 31.5 Å². The molecule has 1 aromatic rings. The smallest absolute Gasteiger partial charge is 0.275 e. The Kier molecular flexibility index (Phi) is 8.89. The first-order chi connectivity index (χ1) is 13.8. The van der Waals surface area contributed by atoms with Gasteiger partial charge >= 0.3 is 0 Å². The predicted molar refractivity (Wildman–Crippen MR) is 112 cm³/mol. The lowest BCUT2D eigenvalue weighted by atomic mass is 9.94. The molecule has 2 unspecified atom stereocenters. The van der Waals surface area contributed by atoms with Crippen LogP contribution in [0.3, 0.4) is 0 Å². The van der Waals surface area contributed by atoms with Crippen molar-refractivity contribution in [3.05, 3.63) is 33.9 Å². The second kappa shape index (κ2) is 11.1. The van der Waals surface area contributed by atoms with Crippen LogP contribution in [-0.2, 0) is 4.79 Å². The van der Waals surface area contributed by atoms with E-state index >= 15 is 0 Å². The lowest BCUT2D eigenvalue weighted by molar-refractivity contribution is -0.386. The Hall–Kier alpha value is -2.15. The standard InChI is InChI=1S/C22H34N2O5/c1-4-5-7-12-21(22(26)23(3)17-10-8-6-9-11-17)29-18-13-14-20(24(27)28)19(15-18)16(2)25/h13-17,21,25H,4-12H2,1-3H3. The van der Waals surface area contributed by atoms with Crippen molar-refractivity contribution < 1.29 is 19.6 Å². The van der Waals surface area contributed by atoms with Crippen molar-refractivity contribution >= 4 is 11.6 Å². The number of hydrogen-bond donors (Lipinski definition) is 1. The molecule has 0 heterocycles. The summed E-state index contributed by atoms with van der Waals surface area (Å²) < 4.78 is 6.04. The Balaban J connectivity index is 2.19. The SMILES string of the molecule is CCCCCC(Oc1ccc([N+](=O)[O-])c(C(C)O)c1)C(=O)N(C)C1CCCCC1. The summed E-state index contributed by atoms with van der Waals surface area (Å²) in [6.45, 7) is 3.59. The van der Waals surface area contributed by atoms with Crippen molar-refractivity contribution in [2.24, 2.45) is 0 Å². The summed E-state index contributed by atoms with van der Waals surface area (Å²) in [6.07, 6.45) is 7.46. The van der Waals surface area contributed by atoms with Crippen LogP contribution in [-0.4, -0.2) is 40.0 Å². The van der Waals surface area contributed by atoms with Crippen LogP contribution in [0.5, 0.6) is 5.75 Å². The summed E-state index contributed by atoms with van der Waals surface area (Å²) in [6, 6.07) is 4.56. The molecule has 1 fully saturated rings. The van der Waals surface area contributed by atoms with Gasteiger partial charge in [0.05, 0.1) is 16.6 Å². The highest BCUT2D eigenvalue weighted by Crippen LogP contribution is 2.30. The topological polar surface area (TPSA) is 92.9 Å². The van der Waals surface area contributed by atoms with E-state index in [1.54, 1.807) is 0 Å². The van der Waals surface area contributed by atoms with E-state index in [9.17, 15) is 20.0 Å². The fraction of sp³-hybridized carbons (Fsp3) is 0.682. The van der Waals surface area contributed by atoms with Gasteiger partial charge in [0.2, 0.25) is 0 Å². The molecule has 0 saturated heterocycles. The number of nitro benzene ring substituents is 1. The van der Waals surface area contributed by atoms with Gasteiger partial charge in [-0.25, -0.2) is 0 Å². The predicted octanol–water partition coefficient (Wildman–Crippen LogP) is 4.77. The van der Waals surface area contributed by atoms with E-state index in [1.807, 2.05) is 11.9 Å². The number of likely N-dealkylation sites (N-methyl/N-ethyl adjacent to an activating group) is 1. The summed E-state index contributed by atoms with van der Waals surface area (Å²) >= 11 is 0. The van der Waals surface area contributed by atoms with Crippen molar-refractivity contribution in [1.82, 2.24) is 4.90 Å². The van der Waals surface area contributed by atoms with Crippen LogP contribution in [0, 0.1) is 10.1 Å². The molecule has 1 aliphatic carbocycles. The largest absolute Gasteiger partial charge is 0.481 e. The number of nitro groups is 1. The maximum absolute atomic E-state index is 13.2. The van der Waals surface area contributed by atoms with Crippen LogP contribution in [0.2, 0.25) is 0 Å². The lowest BCUT2D eigenvalue weighted by Crippen LogP contribution is -2.45. The van der Waals surface area contributed by atoms with E-state index < -0.39 is 17.1 Å². The molecule has 2 atom stereocenters. The van der Waals surface area contributed by atoms with E-state index in [4.69, 9.17) is 4.74 Å². The number of benzene rings is 1. The quantitative estimate of drug-likeness (QED) is 0.343. The summed E-state index contributed by atoms with van der Waals surface area (Å²) in [7, 11) is 1.85. The molecule has 1 saturated carbocycles. The molecule has 1 N–H and O–H groups in total. The molecule has 162 valence electrons. The maximum atomic E-state index is 13.2. The zero-order valence-corrected chi connectivity index (χ0v) is 17.8. The number of amides is 1. The fourth-order valence-electron chi connectivity index (χ4n) is 3.96. The molecule has 1 amide bonds. The Morgan fingerprint density at radius 2 is 2.00 bits per heavy atom. The summed E-state index contributed by atoms with van der Waals surface area (Å²) in [4.78, 5) is 25.7. The van der Waals surface area contributed by atoms with Gasteiger partial charge in [0.15, 0.2) is 6.10 Å². The number of ether oxygens (including phenoxy) is 1. The molecule has 0 aromatic heterocycles. The number of aliphatic hydroxyl groups is 1. The third-order valence-corrected chi connectivity index (χ3v) is 5.74. The number of nitrogens with zero attached hydrogens (tertiary/aromatic N) is 2. The first-order valence-electron chi connectivity index (χ1n) is 10.7. The summed E-state index contributed by atoms with van der Waals surface area (Å²) in [5, 5.41) is 21.1. The molecule has 2 rings (SSSR count). The molecule has 1 aromatic carbocycles. The molecular formula is C22H34N2O5. The minimum absolute atomic E-state index is 0.0371. The normalized spacial score (nSPS) is 16.8.